The van der Waals surface area contributed by atoms with Gasteiger partial charge < -0.3 is 18.9 Å². The fourth-order valence-corrected chi connectivity index (χ4v) is 9.68. The van der Waals surface area contributed by atoms with Gasteiger partial charge in [0.15, 0.2) is 0 Å². The highest BCUT2D eigenvalue weighted by Gasteiger charge is 2.43. The minimum Gasteiger partial charge on any atom is -0.497 e. The lowest BCUT2D eigenvalue weighted by Crippen LogP contribution is -2.38. The maximum Gasteiger partial charge on any atom is 0.330 e. The third kappa shape index (κ3) is 7.52. The van der Waals surface area contributed by atoms with Gasteiger partial charge in [0.05, 0.1) is 26.9 Å². The molecule has 244 valence electrons. The molecule has 10 heteroatoms. The standard InChI is InChI=1S/C36H44N2O6SSi/c1-25-23-38(35(40)37-34(25)39)33-22-32(45-20-21-46(4,5)6)31(44-33)24-43-36(26-10-8-7-9-11-26,27-12-16-29(41-2)17-13-27)28-14-18-30(42-3)19-15-28/h7-19,23,31-33H,20-22,24H2,1-6H3,(H,37,39,40)/t31-,32+,33-/m1/s1. The maximum atomic E-state index is 12.9. The van der Waals surface area contributed by atoms with Crippen LogP contribution in [0.4, 0.5) is 0 Å². The van der Waals surface area contributed by atoms with Crippen LogP contribution in [-0.4, -0.2) is 55.6 Å². The van der Waals surface area contributed by atoms with E-state index in [0.29, 0.717) is 12.0 Å². The lowest BCUT2D eigenvalue weighted by Gasteiger charge is -2.37. The molecule has 5 rings (SSSR count). The molecule has 1 aliphatic rings. The van der Waals surface area contributed by atoms with Gasteiger partial charge in [-0.2, -0.15) is 11.8 Å². The van der Waals surface area contributed by atoms with Crippen molar-refractivity contribution in [3.05, 3.63) is 128 Å². The number of aromatic nitrogens is 2. The SMILES string of the molecule is COc1ccc(C(OC[C@H]2O[C@@H](n3cc(C)c(=O)[nH]c3=O)C[C@@H]2SCC[Si](C)(C)C)(c2ccccc2)c2ccc(OC)cc2)cc1. The molecular formula is C36H44N2O6SSi. The van der Waals surface area contributed by atoms with Crippen LogP contribution in [0, 0.1) is 6.92 Å². The molecule has 1 saturated heterocycles. The van der Waals surface area contributed by atoms with Gasteiger partial charge in [-0.05, 0) is 59.7 Å². The first kappa shape index (κ1) is 33.8. The normalized spacial score (nSPS) is 18.4. The third-order valence-electron chi connectivity index (χ3n) is 8.46. The number of methoxy groups -OCH3 is 2. The van der Waals surface area contributed by atoms with Gasteiger partial charge in [-0.25, -0.2) is 4.79 Å². The topological polar surface area (TPSA) is 91.8 Å². The van der Waals surface area contributed by atoms with E-state index in [0.717, 1.165) is 33.9 Å². The molecule has 8 nitrogen and oxygen atoms in total. The van der Waals surface area contributed by atoms with Crippen LogP contribution in [0.2, 0.25) is 25.7 Å². The average molecular weight is 661 g/mol. The molecule has 3 atom stereocenters. The molecule has 0 aliphatic carbocycles. The summed E-state index contributed by atoms with van der Waals surface area (Å²) in [6, 6.07) is 27.3. The van der Waals surface area contributed by atoms with Crippen LogP contribution in [0.15, 0.2) is 94.6 Å². The third-order valence-corrected chi connectivity index (χ3v) is 11.9. The van der Waals surface area contributed by atoms with E-state index in [4.69, 9.17) is 18.9 Å². The second-order valence-corrected chi connectivity index (χ2v) is 19.8. The maximum absolute atomic E-state index is 12.9. The molecule has 2 heterocycles. The van der Waals surface area contributed by atoms with Gasteiger partial charge in [0, 0.05) is 31.5 Å². The van der Waals surface area contributed by atoms with Crippen molar-refractivity contribution in [3.63, 3.8) is 0 Å². The average Bonchev–Trinajstić information content (AvgIpc) is 3.46. The molecule has 4 aromatic rings. The summed E-state index contributed by atoms with van der Waals surface area (Å²) in [6.45, 7) is 9.10. The van der Waals surface area contributed by atoms with Crippen molar-refractivity contribution >= 4 is 19.8 Å². The van der Waals surface area contributed by atoms with Gasteiger partial charge in [-0.1, -0.05) is 74.2 Å². The summed E-state index contributed by atoms with van der Waals surface area (Å²) >= 11 is 1.89. The number of hydrogen-bond donors (Lipinski definition) is 1. The molecular weight excluding hydrogens is 617 g/mol. The first-order valence-electron chi connectivity index (χ1n) is 15.6. The van der Waals surface area contributed by atoms with Crippen molar-refractivity contribution in [2.24, 2.45) is 0 Å². The van der Waals surface area contributed by atoms with E-state index in [1.165, 1.54) is 10.6 Å². The molecule has 1 aliphatic heterocycles. The fourth-order valence-electron chi connectivity index (χ4n) is 5.79. The molecule has 0 radical (unpaired) electrons. The number of ether oxygens (including phenoxy) is 4. The lowest BCUT2D eigenvalue weighted by molar-refractivity contribution is -0.0765. The van der Waals surface area contributed by atoms with Crippen LogP contribution in [0.25, 0.3) is 0 Å². The zero-order chi connectivity index (χ0) is 32.9. The second-order valence-electron chi connectivity index (χ2n) is 12.9. The van der Waals surface area contributed by atoms with Crippen LogP contribution in [0.5, 0.6) is 11.5 Å². The first-order valence-corrected chi connectivity index (χ1v) is 20.4. The molecule has 0 amide bonds. The van der Waals surface area contributed by atoms with Gasteiger partial charge in [0.1, 0.15) is 23.3 Å². The summed E-state index contributed by atoms with van der Waals surface area (Å²) in [4.78, 5) is 27.4. The Morgan fingerprint density at radius 2 is 1.46 bits per heavy atom. The lowest BCUT2D eigenvalue weighted by atomic mass is 9.80. The zero-order valence-corrected chi connectivity index (χ0v) is 29.3. The number of hydrogen-bond acceptors (Lipinski definition) is 7. The van der Waals surface area contributed by atoms with Crippen molar-refractivity contribution in [2.45, 2.75) is 62.2 Å². The number of nitrogens with zero attached hydrogens (tertiary/aromatic N) is 1. The van der Waals surface area contributed by atoms with Gasteiger partial charge in [0.2, 0.25) is 0 Å². The van der Waals surface area contributed by atoms with E-state index in [-0.39, 0.29) is 23.5 Å². The number of nitrogens with one attached hydrogen (secondary N) is 1. The van der Waals surface area contributed by atoms with Crippen molar-refractivity contribution < 1.29 is 18.9 Å². The van der Waals surface area contributed by atoms with E-state index in [2.05, 4.69) is 36.8 Å². The molecule has 1 fully saturated rings. The van der Waals surface area contributed by atoms with E-state index < -0.39 is 25.6 Å². The van der Waals surface area contributed by atoms with Crippen LogP contribution < -0.4 is 20.7 Å². The van der Waals surface area contributed by atoms with Gasteiger partial charge >= 0.3 is 5.69 Å². The Balaban J connectivity index is 1.55. The molecule has 0 unspecified atom stereocenters. The van der Waals surface area contributed by atoms with Crippen LogP contribution in [0.1, 0.15) is 34.9 Å². The molecule has 0 spiro atoms. The Labute approximate surface area is 276 Å². The van der Waals surface area contributed by atoms with Gasteiger partial charge in [0.25, 0.3) is 5.56 Å². The number of aryl methyl sites for hydroxylation is 1. The van der Waals surface area contributed by atoms with Crippen molar-refractivity contribution in [2.75, 3.05) is 26.6 Å². The smallest absolute Gasteiger partial charge is 0.330 e. The number of thioether (sulfide) groups is 1. The molecule has 3 aromatic carbocycles. The number of aromatic amines is 1. The summed E-state index contributed by atoms with van der Waals surface area (Å²) in [7, 11) is 2.05. The Morgan fingerprint density at radius 3 is 2.00 bits per heavy atom. The molecule has 0 saturated carbocycles. The summed E-state index contributed by atoms with van der Waals surface area (Å²) in [5.41, 5.74) is 1.47. The Kier molecular flexibility index (Phi) is 10.6. The highest BCUT2D eigenvalue weighted by molar-refractivity contribution is 8.00. The summed E-state index contributed by atoms with van der Waals surface area (Å²) in [6.07, 6.45) is 1.39. The van der Waals surface area contributed by atoms with Crippen molar-refractivity contribution in [1.29, 1.82) is 0 Å². The molecule has 1 aromatic heterocycles. The Bertz CT molecular complexity index is 1650. The summed E-state index contributed by atoms with van der Waals surface area (Å²) in [5.74, 6) is 2.51. The quantitative estimate of drug-likeness (QED) is 0.128. The van der Waals surface area contributed by atoms with Crippen molar-refractivity contribution in [1.82, 2.24) is 9.55 Å². The first-order chi connectivity index (χ1) is 22.0. The number of benzene rings is 3. The van der Waals surface area contributed by atoms with E-state index in [1.807, 2.05) is 78.5 Å². The second kappa shape index (κ2) is 14.5. The Morgan fingerprint density at radius 1 is 0.891 bits per heavy atom. The highest BCUT2D eigenvalue weighted by Crippen LogP contribution is 2.44. The molecule has 0 bridgehead atoms. The number of rotatable bonds is 13. The van der Waals surface area contributed by atoms with E-state index in [9.17, 15) is 9.59 Å². The fraction of sp³-hybridized carbons (Fsp3) is 0.389. The predicted molar refractivity (Wildman–Crippen MR) is 187 cm³/mol. The van der Waals surface area contributed by atoms with Crippen LogP contribution in [-0.2, 0) is 15.1 Å². The molecule has 1 N–H and O–H groups in total. The van der Waals surface area contributed by atoms with Gasteiger partial charge in [-0.15, -0.1) is 0 Å². The van der Waals surface area contributed by atoms with Gasteiger partial charge in [-0.3, -0.25) is 14.3 Å². The summed E-state index contributed by atoms with van der Waals surface area (Å²) < 4.78 is 26.4. The van der Waals surface area contributed by atoms with Crippen LogP contribution >= 0.6 is 11.8 Å². The van der Waals surface area contributed by atoms with Crippen molar-refractivity contribution in [3.8, 4) is 11.5 Å². The van der Waals surface area contributed by atoms with Crippen LogP contribution in [0.3, 0.4) is 0 Å². The number of H-pyrrole nitrogens is 1. The highest BCUT2D eigenvalue weighted by atomic mass is 32.2. The minimum absolute atomic E-state index is 0.0840. The monoisotopic (exact) mass is 660 g/mol. The van der Waals surface area contributed by atoms with E-state index >= 15 is 0 Å². The molecule has 46 heavy (non-hydrogen) atoms. The minimum atomic E-state index is -1.26. The largest absolute Gasteiger partial charge is 0.497 e. The summed E-state index contributed by atoms with van der Waals surface area (Å²) in [5, 5.41) is 0.0840. The predicted octanol–water partition coefficient (Wildman–Crippen LogP) is 6.60. The van der Waals surface area contributed by atoms with E-state index in [1.54, 1.807) is 27.3 Å². The zero-order valence-electron chi connectivity index (χ0n) is 27.4. The Hall–Kier alpha value is -3.57.